The number of carbonyl (C=O) groups excluding carboxylic acids is 1. The molecule has 2 aliphatic rings. The molecule has 126 valence electrons. The molecule has 0 unspecified atom stereocenters. The van der Waals surface area contributed by atoms with Gasteiger partial charge in [-0.15, -0.1) is 0 Å². The van der Waals surface area contributed by atoms with Crippen LogP contribution in [0.3, 0.4) is 0 Å². The fourth-order valence-corrected chi connectivity index (χ4v) is 3.55. The summed E-state index contributed by atoms with van der Waals surface area (Å²) in [6.07, 6.45) is 11.1. The standard InChI is InChI=1S/C18H27N3O2/c22-18(20-11-15-5-2-1-3-6-15)14-21-10-8-17(13-21)23-16-7-4-9-19-12-16/h4,7,9,12,15,17H,1-3,5-6,8,10-11,13-14H2,(H,20,22)/t17-/m0/s1. The Morgan fingerprint density at radius 2 is 2.17 bits per heavy atom. The van der Waals surface area contributed by atoms with Gasteiger partial charge in [0.05, 0.1) is 12.7 Å². The van der Waals surface area contributed by atoms with Crippen LogP contribution in [0.2, 0.25) is 0 Å². The van der Waals surface area contributed by atoms with Gasteiger partial charge in [-0.05, 0) is 37.3 Å². The van der Waals surface area contributed by atoms with Crippen LogP contribution in [-0.2, 0) is 4.79 Å². The number of rotatable bonds is 6. The van der Waals surface area contributed by atoms with Gasteiger partial charge in [0.2, 0.25) is 5.91 Å². The van der Waals surface area contributed by atoms with Crippen molar-refractivity contribution in [3.05, 3.63) is 24.5 Å². The molecule has 1 aliphatic carbocycles. The van der Waals surface area contributed by atoms with Crippen molar-refractivity contribution < 1.29 is 9.53 Å². The molecule has 3 rings (SSSR count). The maximum Gasteiger partial charge on any atom is 0.234 e. The molecule has 23 heavy (non-hydrogen) atoms. The summed E-state index contributed by atoms with van der Waals surface area (Å²) in [6.45, 7) is 3.06. The maximum absolute atomic E-state index is 12.1. The van der Waals surface area contributed by atoms with Crippen molar-refractivity contribution in [2.24, 2.45) is 5.92 Å². The number of amides is 1. The Morgan fingerprint density at radius 1 is 1.30 bits per heavy atom. The van der Waals surface area contributed by atoms with E-state index in [1.807, 2.05) is 12.1 Å². The van der Waals surface area contributed by atoms with Crippen molar-refractivity contribution in [2.75, 3.05) is 26.2 Å². The van der Waals surface area contributed by atoms with E-state index < -0.39 is 0 Å². The van der Waals surface area contributed by atoms with E-state index in [1.165, 1.54) is 32.1 Å². The second kappa shape index (κ2) is 8.29. The normalized spacial score (nSPS) is 22.9. The van der Waals surface area contributed by atoms with Crippen LogP contribution in [0.25, 0.3) is 0 Å². The van der Waals surface area contributed by atoms with Gasteiger partial charge in [0.15, 0.2) is 0 Å². The summed E-state index contributed by atoms with van der Waals surface area (Å²) in [5, 5.41) is 3.11. The van der Waals surface area contributed by atoms with Crippen molar-refractivity contribution in [2.45, 2.75) is 44.6 Å². The number of carbonyl (C=O) groups is 1. The Kier molecular flexibility index (Phi) is 5.86. The van der Waals surface area contributed by atoms with Crippen LogP contribution in [0.1, 0.15) is 38.5 Å². The molecule has 2 fully saturated rings. The molecule has 1 N–H and O–H groups in total. The molecule has 0 spiro atoms. The zero-order valence-electron chi connectivity index (χ0n) is 13.7. The molecule has 1 aromatic rings. The van der Waals surface area contributed by atoms with Gasteiger partial charge in [0.1, 0.15) is 11.9 Å². The summed E-state index contributed by atoms with van der Waals surface area (Å²) >= 11 is 0. The molecule has 0 bridgehead atoms. The zero-order chi connectivity index (χ0) is 15.9. The lowest BCUT2D eigenvalue weighted by molar-refractivity contribution is -0.122. The van der Waals surface area contributed by atoms with Crippen LogP contribution in [0, 0.1) is 5.92 Å². The molecule has 1 aromatic heterocycles. The van der Waals surface area contributed by atoms with Crippen LogP contribution in [0.15, 0.2) is 24.5 Å². The number of hydrogen-bond donors (Lipinski definition) is 1. The first-order valence-corrected chi connectivity index (χ1v) is 8.85. The van der Waals surface area contributed by atoms with Crippen LogP contribution in [0.4, 0.5) is 0 Å². The summed E-state index contributed by atoms with van der Waals surface area (Å²) in [5.41, 5.74) is 0. The minimum atomic E-state index is 0.151. The van der Waals surface area contributed by atoms with Crippen LogP contribution >= 0.6 is 0 Å². The van der Waals surface area contributed by atoms with Gasteiger partial charge >= 0.3 is 0 Å². The molecule has 0 aromatic carbocycles. The Morgan fingerprint density at radius 3 is 2.96 bits per heavy atom. The predicted octanol–water partition coefficient (Wildman–Crippen LogP) is 2.23. The minimum Gasteiger partial charge on any atom is -0.487 e. The smallest absolute Gasteiger partial charge is 0.234 e. The highest BCUT2D eigenvalue weighted by Gasteiger charge is 2.25. The molecular formula is C18H27N3O2. The Labute approximate surface area is 138 Å². The first-order valence-electron chi connectivity index (χ1n) is 8.85. The SMILES string of the molecule is O=C(CN1CC[C@H](Oc2cccnc2)C1)NCC1CCCCC1. The van der Waals surface area contributed by atoms with E-state index in [-0.39, 0.29) is 12.0 Å². The zero-order valence-corrected chi connectivity index (χ0v) is 13.7. The number of aromatic nitrogens is 1. The monoisotopic (exact) mass is 317 g/mol. The van der Waals surface area contributed by atoms with Gasteiger partial charge in [-0.1, -0.05) is 19.3 Å². The minimum absolute atomic E-state index is 0.151. The largest absolute Gasteiger partial charge is 0.487 e. The molecule has 1 saturated carbocycles. The first-order chi connectivity index (χ1) is 11.3. The van der Waals surface area contributed by atoms with E-state index in [1.54, 1.807) is 12.4 Å². The highest BCUT2D eigenvalue weighted by molar-refractivity contribution is 5.78. The second-order valence-corrected chi connectivity index (χ2v) is 6.76. The number of pyridine rings is 1. The molecule has 1 aliphatic heterocycles. The summed E-state index contributed by atoms with van der Waals surface area (Å²) < 4.78 is 5.91. The van der Waals surface area contributed by atoms with Crippen molar-refractivity contribution in [3.8, 4) is 5.75 Å². The van der Waals surface area contributed by atoms with Crippen molar-refractivity contribution in [1.29, 1.82) is 0 Å². The Hall–Kier alpha value is -1.62. The number of ether oxygens (including phenoxy) is 1. The lowest BCUT2D eigenvalue weighted by Gasteiger charge is -2.22. The third-order valence-corrected chi connectivity index (χ3v) is 4.85. The van der Waals surface area contributed by atoms with E-state index in [2.05, 4.69) is 15.2 Å². The third kappa shape index (κ3) is 5.20. The summed E-state index contributed by atoms with van der Waals surface area (Å²) in [5.74, 6) is 1.65. The van der Waals surface area contributed by atoms with Gasteiger partial charge in [0.25, 0.3) is 0 Å². The van der Waals surface area contributed by atoms with Gasteiger partial charge in [0, 0.05) is 25.8 Å². The number of nitrogens with zero attached hydrogens (tertiary/aromatic N) is 2. The number of hydrogen-bond acceptors (Lipinski definition) is 4. The topological polar surface area (TPSA) is 54.5 Å². The first kappa shape index (κ1) is 16.2. The fraction of sp³-hybridized carbons (Fsp3) is 0.667. The van der Waals surface area contributed by atoms with Crippen LogP contribution in [0.5, 0.6) is 5.75 Å². The number of nitrogens with one attached hydrogen (secondary N) is 1. The van der Waals surface area contributed by atoms with Crippen molar-refractivity contribution in [3.63, 3.8) is 0 Å². The molecule has 5 nitrogen and oxygen atoms in total. The van der Waals surface area contributed by atoms with E-state index in [0.29, 0.717) is 12.5 Å². The molecule has 5 heteroatoms. The molecule has 1 atom stereocenters. The van der Waals surface area contributed by atoms with Crippen molar-refractivity contribution >= 4 is 5.91 Å². The maximum atomic E-state index is 12.1. The van der Waals surface area contributed by atoms with Gasteiger partial charge in [-0.25, -0.2) is 0 Å². The van der Waals surface area contributed by atoms with Crippen LogP contribution in [-0.4, -0.2) is 48.1 Å². The average Bonchev–Trinajstić information content (AvgIpc) is 3.02. The van der Waals surface area contributed by atoms with E-state index >= 15 is 0 Å². The number of likely N-dealkylation sites (tertiary alicyclic amines) is 1. The second-order valence-electron chi connectivity index (χ2n) is 6.76. The van der Waals surface area contributed by atoms with E-state index in [0.717, 1.165) is 31.8 Å². The van der Waals surface area contributed by atoms with Crippen LogP contribution < -0.4 is 10.1 Å². The summed E-state index contributed by atoms with van der Waals surface area (Å²) in [6, 6.07) is 3.80. The van der Waals surface area contributed by atoms with Gasteiger partial charge < -0.3 is 10.1 Å². The predicted molar refractivity (Wildman–Crippen MR) is 89.3 cm³/mol. The van der Waals surface area contributed by atoms with Gasteiger partial charge in [-0.3, -0.25) is 14.7 Å². The van der Waals surface area contributed by atoms with E-state index in [4.69, 9.17) is 4.74 Å². The van der Waals surface area contributed by atoms with E-state index in [9.17, 15) is 4.79 Å². The summed E-state index contributed by atoms with van der Waals surface area (Å²) in [7, 11) is 0. The Balaban J connectivity index is 1.35. The average molecular weight is 317 g/mol. The lowest BCUT2D eigenvalue weighted by atomic mass is 9.89. The molecule has 0 radical (unpaired) electrons. The fourth-order valence-electron chi connectivity index (χ4n) is 3.55. The highest BCUT2D eigenvalue weighted by Crippen LogP contribution is 2.22. The third-order valence-electron chi connectivity index (χ3n) is 4.85. The van der Waals surface area contributed by atoms with Crippen molar-refractivity contribution in [1.82, 2.24) is 15.2 Å². The molecule has 2 heterocycles. The lowest BCUT2D eigenvalue weighted by Crippen LogP contribution is -2.39. The highest BCUT2D eigenvalue weighted by atomic mass is 16.5. The molecular weight excluding hydrogens is 290 g/mol. The Bertz CT molecular complexity index is 488. The molecule has 1 saturated heterocycles. The summed E-state index contributed by atoms with van der Waals surface area (Å²) in [4.78, 5) is 18.3. The quantitative estimate of drug-likeness (QED) is 0.874. The molecule has 1 amide bonds. The van der Waals surface area contributed by atoms with Gasteiger partial charge in [-0.2, -0.15) is 0 Å².